The first-order chi connectivity index (χ1) is 18.5. The Morgan fingerprint density at radius 3 is 2.39 bits per heavy atom. The lowest BCUT2D eigenvalue weighted by Crippen LogP contribution is -2.38. The number of allylic oxidation sites excluding steroid dienone is 1. The number of nitrogens with one attached hydrogen (secondary N) is 1. The zero-order valence-corrected chi connectivity index (χ0v) is 22.6. The van der Waals surface area contributed by atoms with Crippen molar-refractivity contribution in [1.29, 1.82) is 0 Å². The number of rotatable bonds is 7. The van der Waals surface area contributed by atoms with Crippen molar-refractivity contribution in [3.63, 3.8) is 0 Å². The van der Waals surface area contributed by atoms with Gasteiger partial charge in [-0.15, -0.1) is 0 Å². The summed E-state index contributed by atoms with van der Waals surface area (Å²) in [5.74, 6) is 0.837. The van der Waals surface area contributed by atoms with Crippen LogP contribution in [0.1, 0.15) is 68.5 Å². The highest BCUT2D eigenvalue weighted by Crippen LogP contribution is 2.47. The molecule has 0 unspecified atom stereocenters. The van der Waals surface area contributed by atoms with Crippen LogP contribution in [-0.2, 0) is 9.59 Å². The lowest BCUT2D eigenvalue weighted by Gasteiger charge is -2.35. The molecule has 1 N–H and O–H groups in total. The second-order valence-corrected chi connectivity index (χ2v) is 10.4. The summed E-state index contributed by atoms with van der Waals surface area (Å²) >= 11 is 6.13. The first kappa shape index (κ1) is 26.1. The quantitative estimate of drug-likeness (QED) is 0.317. The minimum absolute atomic E-state index is 0.0230. The number of amides is 1. The van der Waals surface area contributed by atoms with E-state index < -0.39 is 6.04 Å². The van der Waals surface area contributed by atoms with Crippen molar-refractivity contribution in [1.82, 2.24) is 0 Å². The van der Waals surface area contributed by atoms with Crippen LogP contribution < -0.4 is 15.0 Å². The van der Waals surface area contributed by atoms with Crippen LogP contribution in [0.4, 0.5) is 11.4 Å². The Labute approximate surface area is 229 Å². The number of nitrogens with zero attached hydrogens (tertiary/aromatic N) is 1. The molecule has 196 valence electrons. The first-order valence-electron chi connectivity index (χ1n) is 13.3. The summed E-state index contributed by atoms with van der Waals surface area (Å²) < 4.78 is 5.40. The SMILES string of the molecule is CCCCCC(=O)N1c2ccccc2NC2=C(C(=O)C[C@H](c3ccc(Cl)cc3)C2)[C@H]1c1ccc(OC)cc1. The van der Waals surface area contributed by atoms with E-state index in [1.54, 1.807) is 7.11 Å². The van der Waals surface area contributed by atoms with Crippen molar-refractivity contribution in [2.45, 2.75) is 57.4 Å². The molecule has 0 saturated carbocycles. The highest BCUT2D eigenvalue weighted by atomic mass is 35.5. The van der Waals surface area contributed by atoms with Crippen molar-refractivity contribution in [3.8, 4) is 5.75 Å². The monoisotopic (exact) mass is 528 g/mol. The fourth-order valence-electron chi connectivity index (χ4n) is 5.58. The lowest BCUT2D eigenvalue weighted by atomic mass is 9.78. The summed E-state index contributed by atoms with van der Waals surface area (Å²) in [7, 11) is 1.63. The molecule has 0 aromatic heterocycles. The van der Waals surface area contributed by atoms with E-state index in [0.717, 1.165) is 53.2 Å². The second kappa shape index (κ2) is 11.4. The van der Waals surface area contributed by atoms with Crippen LogP contribution >= 0.6 is 11.6 Å². The number of ketones is 1. The molecule has 1 amide bonds. The van der Waals surface area contributed by atoms with Gasteiger partial charge in [0.05, 0.1) is 24.5 Å². The second-order valence-electron chi connectivity index (χ2n) is 10.0. The highest BCUT2D eigenvalue weighted by molar-refractivity contribution is 6.30. The van der Waals surface area contributed by atoms with Crippen LogP contribution in [0, 0.1) is 0 Å². The van der Waals surface area contributed by atoms with E-state index in [9.17, 15) is 9.59 Å². The van der Waals surface area contributed by atoms with Gasteiger partial charge in [-0.25, -0.2) is 0 Å². The van der Waals surface area contributed by atoms with E-state index in [1.165, 1.54) is 0 Å². The third-order valence-corrected chi connectivity index (χ3v) is 7.78. The van der Waals surface area contributed by atoms with Gasteiger partial charge in [-0.2, -0.15) is 0 Å². The standard InChI is InChI=1S/C32H33ClN2O3/c1-3-4-5-10-30(37)35-28-9-7-6-8-26(28)34-27-19-23(21-11-15-24(33)16-12-21)20-29(36)31(27)32(35)22-13-17-25(38-2)18-14-22/h6-9,11-18,23,32,34H,3-5,10,19-20H2,1-2H3/t23-,32-/m1/s1. The predicted octanol–water partition coefficient (Wildman–Crippen LogP) is 7.83. The van der Waals surface area contributed by atoms with Gasteiger partial charge in [0.1, 0.15) is 5.75 Å². The predicted molar refractivity (Wildman–Crippen MR) is 153 cm³/mol. The van der Waals surface area contributed by atoms with Gasteiger partial charge in [0.2, 0.25) is 5.91 Å². The van der Waals surface area contributed by atoms with Gasteiger partial charge < -0.3 is 10.1 Å². The fraction of sp³-hybridized carbons (Fsp3) is 0.312. The number of carbonyl (C=O) groups is 2. The largest absolute Gasteiger partial charge is 0.497 e. The summed E-state index contributed by atoms with van der Waals surface area (Å²) in [6.07, 6.45) is 4.31. The molecule has 0 fully saturated rings. The third-order valence-electron chi connectivity index (χ3n) is 7.52. The number of para-hydroxylation sites is 2. The molecule has 5 nitrogen and oxygen atoms in total. The van der Waals surface area contributed by atoms with Gasteiger partial charge in [0.25, 0.3) is 0 Å². The Balaban J connectivity index is 1.65. The molecule has 3 aromatic rings. The van der Waals surface area contributed by atoms with Crippen molar-refractivity contribution in [3.05, 3.63) is 100 Å². The number of halogens is 1. The Bertz CT molecular complexity index is 1350. The topological polar surface area (TPSA) is 58.6 Å². The molecule has 38 heavy (non-hydrogen) atoms. The van der Waals surface area contributed by atoms with Crippen molar-refractivity contribution in [2.75, 3.05) is 17.3 Å². The normalized spacial score (nSPS) is 18.8. The van der Waals surface area contributed by atoms with E-state index >= 15 is 0 Å². The van der Waals surface area contributed by atoms with Crippen LogP contribution in [0.2, 0.25) is 5.02 Å². The van der Waals surface area contributed by atoms with E-state index in [-0.39, 0.29) is 17.6 Å². The molecule has 1 heterocycles. The van der Waals surface area contributed by atoms with Crippen molar-refractivity contribution in [2.24, 2.45) is 0 Å². The number of Topliss-reactive ketones (excluding diaryl/α,β-unsaturated/α-hetero) is 1. The minimum atomic E-state index is -0.528. The molecule has 2 atom stereocenters. The van der Waals surface area contributed by atoms with E-state index in [0.29, 0.717) is 29.9 Å². The fourth-order valence-corrected chi connectivity index (χ4v) is 5.71. The van der Waals surface area contributed by atoms with Crippen LogP contribution in [0.15, 0.2) is 84.1 Å². The van der Waals surface area contributed by atoms with Crippen LogP contribution in [0.3, 0.4) is 0 Å². The van der Waals surface area contributed by atoms with Gasteiger partial charge in [0, 0.05) is 29.1 Å². The Morgan fingerprint density at radius 1 is 0.974 bits per heavy atom. The number of fused-ring (bicyclic) bond motifs is 1. The zero-order valence-electron chi connectivity index (χ0n) is 21.9. The molecular formula is C32H33ClN2O3. The summed E-state index contributed by atoms with van der Waals surface area (Å²) in [5, 5.41) is 4.27. The molecule has 2 aliphatic rings. The van der Waals surface area contributed by atoms with Crippen LogP contribution in [-0.4, -0.2) is 18.8 Å². The van der Waals surface area contributed by atoms with Crippen molar-refractivity contribution >= 4 is 34.7 Å². The number of ether oxygens (including phenoxy) is 1. The maximum Gasteiger partial charge on any atom is 0.227 e. The number of unbranched alkanes of at least 4 members (excludes halogenated alkanes) is 2. The highest BCUT2D eigenvalue weighted by Gasteiger charge is 2.41. The Kier molecular flexibility index (Phi) is 7.85. The number of hydrogen-bond donors (Lipinski definition) is 1. The Hall–Kier alpha value is -3.57. The van der Waals surface area contributed by atoms with Gasteiger partial charge in [-0.05, 0) is 66.3 Å². The number of methoxy groups -OCH3 is 1. The maximum absolute atomic E-state index is 14.0. The first-order valence-corrected chi connectivity index (χ1v) is 13.7. The van der Waals surface area contributed by atoms with E-state index in [1.807, 2.05) is 77.7 Å². The van der Waals surface area contributed by atoms with Gasteiger partial charge in [-0.3, -0.25) is 14.5 Å². The van der Waals surface area contributed by atoms with E-state index in [4.69, 9.17) is 16.3 Å². The van der Waals surface area contributed by atoms with Crippen molar-refractivity contribution < 1.29 is 14.3 Å². The third kappa shape index (κ3) is 5.21. The Morgan fingerprint density at radius 2 is 1.68 bits per heavy atom. The van der Waals surface area contributed by atoms with Gasteiger partial charge >= 0.3 is 0 Å². The summed E-state index contributed by atoms with van der Waals surface area (Å²) in [5.41, 5.74) is 5.14. The molecule has 1 aliphatic heterocycles. The molecule has 1 aliphatic carbocycles. The summed E-state index contributed by atoms with van der Waals surface area (Å²) in [6, 6.07) is 22.8. The number of anilines is 2. The molecule has 0 bridgehead atoms. The molecular weight excluding hydrogens is 496 g/mol. The zero-order chi connectivity index (χ0) is 26.6. The summed E-state index contributed by atoms with van der Waals surface area (Å²) in [6.45, 7) is 2.13. The molecule has 3 aromatic carbocycles. The van der Waals surface area contributed by atoms with Crippen LogP contribution in [0.25, 0.3) is 0 Å². The van der Waals surface area contributed by atoms with Gasteiger partial charge in [0.15, 0.2) is 5.78 Å². The van der Waals surface area contributed by atoms with Crippen LogP contribution in [0.5, 0.6) is 5.75 Å². The number of carbonyl (C=O) groups excluding carboxylic acids is 2. The minimum Gasteiger partial charge on any atom is -0.497 e. The van der Waals surface area contributed by atoms with E-state index in [2.05, 4.69) is 12.2 Å². The summed E-state index contributed by atoms with van der Waals surface area (Å²) in [4.78, 5) is 29.8. The smallest absolute Gasteiger partial charge is 0.227 e. The lowest BCUT2D eigenvalue weighted by molar-refractivity contribution is -0.119. The average molecular weight is 529 g/mol. The molecule has 5 rings (SSSR count). The molecule has 0 saturated heterocycles. The van der Waals surface area contributed by atoms with Gasteiger partial charge in [-0.1, -0.05) is 67.8 Å². The number of hydrogen-bond acceptors (Lipinski definition) is 4. The molecule has 0 spiro atoms. The molecule has 6 heteroatoms. The average Bonchev–Trinajstić information content (AvgIpc) is 3.08. The number of benzene rings is 3. The maximum atomic E-state index is 14.0. The molecule has 0 radical (unpaired) electrons.